The second-order valence-electron chi connectivity index (χ2n) is 6.23. The van der Waals surface area contributed by atoms with Gasteiger partial charge in [-0.15, -0.1) is 0 Å². The van der Waals surface area contributed by atoms with Gasteiger partial charge in [0.25, 0.3) is 5.56 Å². The minimum atomic E-state index is -0.431. The summed E-state index contributed by atoms with van der Waals surface area (Å²) >= 11 is 19.3. The number of aromatic hydroxyl groups is 1. The zero-order chi connectivity index (χ0) is 21.3. The Bertz CT molecular complexity index is 1280. The van der Waals surface area contributed by atoms with Crippen molar-refractivity contribution < 1.29 is 5.11 Å². The molecular formula is C22H13Cl3N2O2S. The van der Waals surface area contributed by atoms with Gasteiger partial charge in [0, 0.05) is 10.5 Å². The molecule has 4 aromatic rings. The number of hydrogen-bond donors (Lipinski definition) is 1. The minimum absolute atomic E-state index is 0.0267. The van der Waals surface area contributed by atoms with Gasteiger partial charge in [-0.1, -0.05) is 95.1 Å². The van der Waals surface area contributed by atoms with E-state index >= 15 is 0 Å². The smallest absolute Gasteiger partial charge is 0.276 e. The molecule has 4 rings (SSSR count). The van der Waals surface area contributed by atoms with E-state index < -0.39 is 11.4 Å². The van der Waals surface area contributed by atoms with Crippen LogP contribution in [0.3, 0.4) is 0 Å². The third-order valence-corrected chi connectivity index (χ3v) is 6.52. The summed E-state index contributed by atoms with van der Waals surface area (Å²) in [5, 5.41) is 11.5. The summed E-state index contributed by atoms with van der Waals surface area (Å²) in [5.41, 5.74) is 0.883. The Labute approximate surface area is 191 Å². The van der Waals surface area contributed by atoms with E-state index in [0.29, 0.717) is 37.0 Å². The van der Waals surface area contributed by atoms with Crippen LogP contribution in [-0.2, 0) is 0 Å². The SMILES string of the molecule is O=c1c(Sc2cc(Cl)c(Cl)cc2Cl)c(O)nc(-c2ccccc2)n1-c1ccccc1. The fraction of sp³-hybridized carbons (Fsp3) is 0. The van der Waals surface area contributed by atoms with Crippen LogP contribution in [-0.4, -0.2) is 14.7 Å². The average molecular weight is 476 g/mol. The van der Waals surface area contributed by atoms with E-state index in [2.05, 4.69) is 4.98 Å². The van der Waals surface area contributed by atoms with Crippen molar-refractivity contribution in [3.8, 4) is 23.0 Å². The molecule has 0 aliphatic carbocycles. The Morgan fingerprint density at radius 3 is 2.10 bits per heavy atom. The molecular weight excluding hydrogens is 463 g/mol. The van der Waals surface area contributed by atoms with Gasteiger partial charge in [-0.25, -0.2) is 0 Å². The number of para-hydroxylation sites is 1. The van der Waals surface area contributed by atoms with Crippen LogP contribution < -0.4 is 5.56 Å². The fourth-order valence-corrected chi connectivity index (χ4v) is 4.47. The van der Waals surface area contributed by atoms with Gasteiger partial charge >= 0.3 is 0 Å². The standard InChI is InChI=1S/C22H13Cl3N2O2S/c23-15-11-17(25)18(12-16(15)24)30-19-21(28)26-20(13-7-3-1-4-8-13)27(22(19)29)14-9-5-2-6-10-14/h1-12,28H. The van der Waals surface area contributed by atoms with E-state index in [1.807, 2.05) is 48.5 Å². The lowest BCUT2D eigenvalue weighted by Crippen LogP contribution is -2.23. The molecule has 0 atom stereocenters. The van der Waals surface area contributed by atoms with Crippen LogP contribution in [0, 0.1) is 0 Å². The first-order chi connectivity index (χ1) is 14.5. The topological polar surface area (TPSA) is 55.1 Å². The Morgan fingerprint density at radius 1 is 0.833 bits per heavy atom. The van der Waals surface area contributed by atoms with E-state index in [-0.39, 0.29) is 4.90 Å². The minimum Gasteiger partial charge on any atom is -0.492 e. The van der Waals surface area contributed by atoms with Crippen molar-refractivity contribution in [2.75, 3.05) is 0 Å². The van der Waals surface area contributed by atoms with Crippen LogP contribution in [0.4, 0.5) is 0 Å². The van der Waals surface area contributed by atoms with E-state index in [9.17, 15) is 9.90 Å². The summed E-state index contributed by atoms with van der Waals surface area (Å²) in [5.74, 6) is -0.0629. The highest BCUT2D eigenvalue weighted by molar-refractivity contribution is 7.99. The number of nitrogens with zero attached hydrogens (tertiary/aromatic N) is 2. The Balaban J connectivity index is 1.94. The Hall–Kier alpha value is -2.44. The van der Waals surface area contributed by atoms with Gasteiger partial charge in [0.2, 0.25) is 5.88 Å². The van der Waals surface area contributed by atoms with Gasteiger partial charge in [0.1, 0.15) is 4.90 Å². The van der Waals surface area contributed by atoms with Gasteiger partial charge in [0.05, 0.1) is 20.8 Å². The molecule has 0 spiro atoms. The Kier molecular flexibility index (Phi) is 6.06. The van der Waals surface area contributed by atoms with Gasteiger partial charge in [-0.3, -0.25) is 9.36 Å². The predicted molar refractivity (Wildman–Crippen MR) is 123 cm³/mol. The normalized spacial score (nSPS) is 10.9. The summed E-state index contributed by atoms with van der Waals surface area (Å²) in [4.78, 5) is 18.3. The van der Waals surface area contributed by atoms with Crippen LogP contribution in [0.25, 0.3) is 17.1 Å². The van der Waals surface area contributed by atoms with E-state index in [0.717, 1.165) is 11.8 Å². The largest absolute Gasteiger partial charge is 0.492 e. The third kappa shape index (κ3) is 4.07. The molecule has 0 amide bonds. The lowest BCUT2D eigenvalue weighted by atomic mass is 10.2. The van der Waals surface area contributed by atoms with Gasteiger partial charge < -0.3 is 5.11 Å². The molecule has 0 bridgehead atoms. The summed E-state index contributed by atoms with van der Waals surface area (Å²) in [7, 11) is 0. The molecule has 0 radical (unpaired) electrons. The molecule has 8 heteroatoms. The molecule has 150 valence electrons. The zero-order valence-corrected chi connectivity index (χ0v) is 18.3. The second kappa shape index (κ2) is 8.74. The van der Waals surface area contributed by atoms with E-state index in [1.54, 1.807) is 18.2 Å². The molecule has 4 nitrogen and oxygen atoms in total. The first-order valence-electron chi connectivity index (χ1n) is 8.75. The van der Waals surface area contributed by atoms with Crippen molar-refractivity contribution in [3.63, 3.8) is 0 Å². The van der Waals surface area contributed by atoms with Crippen molar-refractivity contribution in [1.29, 1.82) is 0 Å². The van der Waals surface area contributed by atoms with Crippen molar-refractivity contribution in [3.05, 3.63) is 98.2 Å². The lowest BCUT2D eigenvalue weighted by molar-refractivity contribution is 0.435. The van der Waals surface area contributed by atoms with Gasteiger partial charge in [-0.2, -0.15) is 4.98 Å². The molecule has 1 N–H and O–H groups in total. The molecule has 0 fully saturated rings. The molecule has 0 unspecified atom stereocenters. The zero-order valence-electron chi connectivity index (χ0n) is 15.2. The first-order valence-corrected chi connectivity index (χ1v) is 10.7. The molecule has 0 aliphatic heterocycles. The first kappa shape index (κ1) is 20.8. The van der Waals surface area contributed by atoms with Gasteiger partial charge in [0.15, 0.2) is 5.82 Å². The van der Waals surface area contributed by atoms with Crippen molar-refractivity contribution >= 4 is 46.6 Å². The maximum Gasteiger partial charge on any atom is 0.276 e. The quantitative estimate of drug-likeness (QED) is 0.333. The molecule has 0 saturated heterocycles. The summed E-state index contributed by atoms with van der Waals surface area (Å²) in [6, 6.07) is 21.3. The number of aromatic nitrogens is 2. The number of rotatable bonds is 4. The molecule has 0 aliphatic rings. The highest BCUT2D eigenvalue weighted by Crippen LogP contribution is 2.40. The van der Waals surface area contributed by atoms with Crippen LogP contribution in [0.5, 0.6) is 5.88 Å². The van der Waals surface area contributed by atoms with Crippen LogP contribution in [0.15, 0.2) is 87.4 Å². The van der Waals surface area contributed by atoms with Crippen molar-refractivity contribution in [1.82, 2.24) is 9.55 Å². The third-order valence-electron chi connectivity index (χ3n) is 4.26. The second-order valence-corrected chi connectivity index (χ2v) is 8.50. The van der Waals surface area contributed by atoms with Crippen molar-refractivity contribution in [2.24, 2.45) is 0 Å². The number of benzene rings is 3. The molecule has 1 aromatic heterocycles. The molecule has 30 heavy (non-hydrogen) atoms. The van der Waals surface area contributed by atoms with Crippen LogP contribution in [0.2, 0.25) is 15.1 Å². The summed E-state index contributed by atoms with van der Waals surface area (Å²) < 4.78 is 1.46. The highest BCUT2D eigenvalue weighted by Gasteiger charge is 2.21. The van der Waals surface area contributed by atoms with Crippen molar-refractivity contribution in [2.45, 2.75) is 9.79 Å². The Morgan fingerprint density at radius 2 is 1.43 bits per heavy atom. The van der Waals surface area contributed by atoms with E-state index in [1.165, 1.54) is 10.6 Å². The lowest BCUT2D eigenvalue weighted by Gasteiger charge is -2.15. The summed E-state index contributed by atoms with van der Waals surface area (Å²) in [6.07, 6.45) is 0. The predicted octanol–water partition coefficient (Wildman–Crippen LogP) is 6.72. The summed E-state index contributed by atoms with van der Waals surface area (Å²) in [6.45, 7) is 0. The van der Waals surface area contributed by atoms with Gasteiger partial charge in [-0.05, 0) is 24.3 Å². The number of hydrogen-bond acceptors (Lipinski definition) is 4. The molecule has 3 aromatic carbocycles. The molecule has 0 saturated carbocycles. The van der Waals surface area contributed by atoms with E-state index in [4.69, 9.17) is 34.8 Å². The van der Waals surface area contributed by atoms with Crippen LogP contribution in [0.1, 0.15) is 0 Å². The maximum atomic E-state index is 13.5. The van der Waals surface area contributed by atoms with Crippen LogP contribution >= 0.6 is 46.6 Å². The average Bonchev–Trinajstić information content (AvgIpc) is 2.75. The highest BCUT2D eigenvalue weighted by atomic mass is 35.5. The number of halogens is 3. The molecule has 1 heterocycles. The maximum absolute atomic E-state index is 13.5. The fourth-order valence-electron chi connectivity index (χ4n) is 2.87. The monoisotopic (exact) mass is 474 g/mol.